The molecule has 4 N–H and O–H groups in total. The van der Waals surface area contributed by atoms with Crippen molar-refractivity contribution in [1.29, 1.82) is 0 Å². The van der Waals surface area contributed by atoms with Crippen LogP contribution in [0.3, 0.4) is 0 Å². The van der Waals surface area contributed by atoms with Gasteiger partial charge in [-0.3, -0.25) is 19.2 Å². The minimum atomic E-state index is -0.883. The third-order valence-corrected chi connectivity index (χ3v) is 5.36. The third-order valence-electron chi connectivity index (χ3n) is 5.10. The first-order chi connectivity index (χ1) is 14.2. The van der Waals surface area contributed by atoms with Gasteiger partial charge in [-0.2, -0.15) is 0 Å². The number of carbonyl (C=O) groups excluding carboxylic acids is 4. The van der Waals surface area contributed by atoms with Gasteiger partial charge in [0.25, 0.3) is 0 Å². The zero-order valence-corrected chi connectivity index (χ0v) is 18.0. The lowest BCUT2D eigenvalue weighted by Crippen LogP contribution is -2.55. The highest BCUT2D eigenvalue weighted by Gasteiger charge is 2.36. The summed E-state index contributed by atoms with van der Waals surface area (Å²) in [6, 6.07) is 6.25. The monoisotopic (exact) mass is 436 g/mol. The van der Waals surface area contributed by atoms with Gasteiger partial charge in [-0.1, -0.05) is 30.3 Å². The molecule has 1 heterocycles. The lowest BCUT2D eigenvalue weighted by molar-refractivity contribution is -0.140. The number of hydrogen-bond donors (Lipinski definition) is 3. The van der Waals surface area contributed by atoms with Crippen LogP contribution >= 0.6 is 11.6 Å². The fraction of sp³-hybridized carbons (Fsp3) is 0.524. The molecule has 1 saturated heterocycles. The van der Waals surface area contributed by atoms with Crippen LogP contribution in [-0.2, 0) is 25.6 Å². The highest BCUT2D eigenvalue weighted by molar-refractivity contribution is 6.28. The molecule has 1 unspecified atom stereocenters. The predicted octanol–water partition coefficient (Wildman–Crippen LogP) is 0.365. The Labute approximate surface area is 181 Å². The van der Waals surface area contributed by atoms with E-state index in [0.717, 1.165) is 5.56 Å². The van der Waals surface area contributed by atoms with E-state index < -0.39 is 36.0 Å². The number of nitrogens with zero attached hydrogens (tertiary/aromatic N) is 1. The van der Waals surface area contributed by atoms with E-state index in [1.54, 1.807) is 6.92 Å². The Morgan fingerprint density at radius 1 is 1.17 bits per heavy atom. The molecule has 0 aliphatic carbocycles. The Balaban J connectivity index is 1.98. The van der Waals surface area contributed by atoms with Gasteiger partial charge in [-0.25, -0.2) is 0 Å². The summed E-state index contributed by atoms with van der Waals surface area (Å²) in [5.74, 6) is -1.73. The summed E-state index contributed by atoms with van der Waals surface area (Å²) in [6.45, 7) is 3.57. The zero-order chi connectivity index (χ0) is 22.3. The number of nitrogens with two attached hydrogens (primary N) is 1. The largest absolute Gasteiger partial charge is 0.344 e. The van der Waals surface area contributed by atoms with Crippen molar-refractivity contribution < 1.29 is 19.2 Å². The molecular weight excluding hydrogens is 408 g/mol. The molecule has 164 valence electrons. The van der Waals surface area contributed by atoms with Gasteiger partial charge in [-0.15, -0.1) is 11.6 Å². The molecule has 0 saturated carbocycles. The Hall–Kier alpha value is -2.45. The first-order valence-electron chi connectivity index (χ1n) is 10.0. The number of amides is 3. The highest BCUT2D eigenvalue weighted by Crippen LogP contribution is 2.18. The van der Waals surface area contributed by atoms with Crippen LogP contribution in [0.25, 0.3) is 0 Å². The van der Waals surface area contributed by atoms with E-state index in [-0.39, 0.29) is 17.6 Å². The number of ketones is 1. The quantitative estimate of drug-likeness (QED) is 0.483. The van der Waals surface area contributed by atoms with Crippen molar-refractivity contribution in [3.63, 3.8) is 0 Å². The average Bonchev–Trinajstić information content (AvgIpc) is 3.22. The summed E-state index contributed by atoms with van der Waals surface area (Å²) >= 11 is 5.70. The number of benzene rings is 1. The topological polar surface area (TPSA) is 122 Å². The minimum absolute atomic E-state index is 0.227. The van der Waals surface area contributed by atoms with Crippen LogP contribution in [0.1, 0.15) is 32.3 Å². The summed E-state index contributed by atoms with van der Waals surface area (Å²) < 4.78 is 0. The van der Waals surface area contributed by atoms with Gasteiger partial charge in [0.1, 0.15) is 12.1 Å². The summed E-state index contributed by atoms with van der Waals surface area (Å²) in [6.07, 6.45) is 1.51. The van der Waals surface area contributed by atoms with E-state index in [1.807, 2.05) is 30.3 Å². The molecular formula is C21H29ClN4O4. The molecule has 3 amide bonds. The predicted molar refractivity (Wildman–Crippen MR) is 114 cm³/mol. The Morgan fingerprint density at radius 2 is 1.83 bits per heavy atom. The Morgan fingerprint density at radius 3 is 2.43 bits per heavy atom. The summed E-state index contributed by atoms with van der Waals surface area (Å²) in [4.78, 5) is 51.1. The molecule has 1 aliphatic rings. The van der Waals surface area contributed by atoms with Crippen LogP contribution in [0.2, 0.25) is 0 Å². The molecule has 8 nitrogen and oxygen atoms in total. The first kappa shape index (κ1) is 23.8. The van der Waals surface area contributed by atoms with Crippen LogP contribution < -0.4 is 16.4 Å². The van der Waals surface area contributed by atoms with Crippen LogP contribution in [-0.4, -0.2) is 65.0 Å². The fourth-order valence-electron chi connectivity index (χ4n) is 3.42. The normalized spacial score (nSPS) is 18.9. The van der Waals surface area contributed by atoms with E-state index in [9.17, 15) is 19.2 Å². The van der Waals surface area contributed by atoms with Crippen molar-refractivity contribution in [2.24, 2.45) is 5.73 Å². The molecule has 1 fully saturated rings. The third kappa shape index (κ3) is 6.27. The lowest BCUT2D eigenvalue weighted by Gasteiger charge is -2.27. The van der Waals surface area contributed by atoms with Crippen molar-refractivity contribution >= 4 is 35.1 Å². The maximum atomic E-state index is 12.7. The van der Waals surface area contributed by atoms with Crippen molar-refractivity contribution in [2.75, 3.05) is 12.4 Å². The first-order valence-corrected chi connectivity index (χ1v) is 10.6. The van der Waals surface area contributed by atoms with E-state index in [1.165, 1.54) is 11.8 Å². The van der Waals surface area contributed by atoms with Gasteiger partial charge in [0, 0.05) is 6.54 Å². The van der Waals surface area contributed by atoms with Crippen molar-refractivity contribution in [3.8, 4) is 0 Å². The standard InChI is InChI=1S/C21H29ClN4O4/c1-13(23)21(30)26-10-6-9-17(26)20(29)24-14(2)19(28)25-16(18(27)12-22)11-15-7-4-3-5-8-15/h3-5,7-8,13-14,16-17H,6,9-12,23H2,1-2H3,(H,24,29)(H,25,28)/t13-,14+,16?,17-/m1/s1. The smallest absolute Gasteiger partial charge is 0.243 e. The van der Waals surface area contributed by atoms with E-state index in [0.29, 0.717) is 25.8 Å². The number of Topliss-reactive ketones (excluding diaryl/α,β-unsaturated/α-hetero) is 1. The Kier molecular flexibility index (Phi) is 8.80. The summed E-state index contributed by atoms with van der Waals surface area (Å²) in [7, 11) is 0. The molecule has 0 radical (unpaired) electrons. The average molecular weight is 437 g/mol. The maximum Gasteiger partial charge on any atom is 0.243 e. The van der Waals surface area contributed by atoms with Crippen molar-refractivity contribution in [3.05, 3.63) is 35.9 Å². The van der Waals surface area contributed by atoms with Crippen LogP contribution in [0.5, 0.6) is 0 Å². The van der Waals surface area contributed by atoms with Gasteiger partial charge >= 0.3 is 0 Å². The van der Waals surface area contributed by atoms with E-state index in [4.69, 9.17) is 17.3 Å². The van der Waals surface area contributed by atoms with Gasteiger partial charge in [0.15, 0.2) is 5.78 Å². The molecule has 1 aromatic rings. The molecule has 9 heteroatoms. The van der Waals surface area contributed by atoms with Gasteiger partial charge in [0.2, 0.25) is 17.7 Å². The van der Waals surface area contributed by atoms with Gasteiger partial charge in [0.05, 0.1) is 18.0 Å². The van der Waals surface area contributed by atoms with E-state index >= 15 is 0 Å². The SMILES string of the molecule is C[C@H](NC(=O)[C@H]1CCCN1C(=O)[C@@H](C)N)C(=O)NC(Cc1ccccc1)C(=O)CCl. The molecule has 4 atom stereocenters. The van der Waals surface area contributed by atoms with Crippen LogP contribution in [0, 0.1) is 0 Å². The van der Waals surface area contributed by atoms with Gasteiger partial charge in [-0.05, 0) is 38.7 Å². The molecule has 1 aromatic carbocycles. The number of alkyl halides is 1. The molecule has 0 bridgehead atoms. The number of rotatable bonds is 9. The zero-order valence-electron chi connectivity index (χ0n) is 17.3. The van der Waals surface area contributed by atoms with Crippen LogP contribution in [0.15, 0.2) is 30.3 Å². The number of likely N-dealkylation sites (tertiary alicyclic amines) is 1. The molecule has 0 aromatic heterocycles. The fourth-order valence-corrected chi connectivity index (χ4v) is 3.61. The maximum absolute atomic E-state index is 12.7. The van der Waals surface area contributed by atoms with Crippen molar-refractivity contribution in [1.82, 2.24) is 15.5 Å². The number of carbonyl (C=O) groups is 4. The molecule has 2 rings (SSSR count). The minimum Gasteiger partial charge on any atom is -0.344 e. The van der Waals surface area contributed by atoms with Crippen molar-refractivity contribution in [2.45, 2.75) is 57.3 Å². The molecule has 30 heavy (non-hydrogen) atoms. The molecule has 1 aliphatic heterocycles. The lowest BCUT2D eigenvalue weighted by atomic mass is 10.0. The van der Waals surface area contributed by atoms with Crippen LogP contribution in [0.4, 0.5) is 0 Å². The summed E-state index contributed by atoms with van der Waals surface area (Å²) in [5, 5.41) is 5.32. The van der Waals surface area contributed by atoms with E-state index in [2.05, 4.69) is 10.6 Å². The second kappa shape index (κ2) is 11.1. The number of halogens is 1. The molecule has 0 spiro atoms. The second-order valence-corrected chi connectivity index (χ2v) is 7.83. The summed E-state index contributed by atoms with van der Waals surface area (Å²) in [5.41, 5.74) is 6.54. The number of hydrogen-bond acceptors (Lipinski definition) is 5. The second-order valence-electron chi connectivity index (χ2n) is 7.56. The highest BCUT2D eigenvalue weighted by atomic mass is 35.5. The number of nitrogens with one attached hydrogen (secondary N) is 2. The Bertz CT molecular complexity index is 772. The van der Waals surface area contributed by atoms with Gasteiger partial charge < -0.3 is 21.3 Å².